The van der Waals surface area contributed by atoms with Crippen LogP contribution in [0.25, 0.3) is 15.9 Å². The highest BCUT2D eigenvalue weighted by Crippen LogP contribution is 2.27. The predicted octanol–water partition coefficient (Wildman–Crippen LogP) is 1.55. The Morgan fingerprint density at radius 3 is 2.71 bits per heavy atom. The fraction of sp³-hybridized carbons (Fsp3) is 0.294. The molecule has 1 aliphatic rings. The average Bonchev–Trinajstić information content (AvgIpc) is 3.31. The Labute approximate surface area is 165 Å². The van der Waals surface area contributed by atoms with Crippen molar-refractivity contribution in [2.75, 3.05) is 31.1 Å². The molecule has 1 aromatic carbocycles. The molecule has 1 aliphatic heterocycles. The van der Waals surface area contributed by atoms with Crippen LogP contribution in [0.3, 0.4) is 0 Å². The van der Waals surface area contributed by atoms with Crippen molar-refractivity contribution >= 4 is 43.0 Å². The van der Waals surface area contributed by atoms with E-state index in [0.29, 0.717) is 36.7 Å². The summed E-state index contributed by atoms with van der Waals surface area (Å²) in [7, 11) is -3.54. The minimum absolute atomic E-state index is 0.320. The number of anilines is 1. The molecule has 3 aromatic heterocycles. The van der Waals surface area contributed by atoms with Gasteiger partial charge in [-0.25, -0.2) is 13.4 Å². The van der Waals surface area contributed by atoms with E-state index in [1.807, 2.05) is 19.1 Å². The lowest BCUT2D eigenvalue weighted by Gasteiger charge is -2.34. The van der Waals surface area contributed by atoms with E-state index in [1.54, 1.807) is 29.0 Å². The van der Waals surface area contributed by atoms with Gasteiger partial charge < -0.3 is 4.90 Å². The lowest BCUT2D eigenvalue weighted by Crippen LogP contribution is -2.49. The number of nitrogens with zero attached hydrogens (tertiary/aromatic N) is 7. The molecular formula is C17H17N7O2S2. The minimum Gasteiger partial charge on any atom is -0.353 e. The minimum atomic E-state index is -3.54. The highest BCUT2D eigenvalue weighted by Gasteiger charge is 2.29. The van der Waals surface area contributed by atoms with E-state index in [-0.39, 0.29) is 0 Å². The van der Waals surface area contributed by atoms with E-state index in [4.69, 9.17) is 0 Å². The zero-order chi connectivity index (χ0) is 19.3. The Bertz CT molecular complexity index is 1270. The number of thiazole rings is 1. The molecular weight excluding hydrogens is 398 g/mol. The molecule has 5 rings (SSSR count). The first-order valence-corrected chi connectivity index (χ1v) is 11.1. The van der Waals surface area contributed by atoms with Crippen LogP contribution in [0.15, 0.2) is 41.6 Å². The van der Waals surface area contributed by atoms with Crippen molar-refractivity contribution in [2.45, 2.75) is 11.8 Å². The standard InChI is InChI=1S/C17H17N7O2S2/c1-12-19-14-3-2-13(10-15(14)27-12)28(25,26)23-8-6-22(7-9-23)17-5-4-16-20-18-11-24(16)21-17/h2-5,10-11H,6-9H2,1H3. The maximum Gasteiger partial charge on any atom is 0.243 e. The highest BCUT2D eigenvalue weighted by atomic mass is 32.2. The number of sulfonamides is 1. The van der Waals surface area contributed by atoms with Crippen LogP contribution >= 0.6 is 11.3 Å². The molecule has 0 aliphatic carbocycles. The van der Waals surface area contributed by atoms with Gasteiger partial charge in [0.2, 0.25) is 10.0 Å². The van der Waals surface area contributed by atoms with Gasteiger partial charge in [-0.15, -0.1) is 26.6 Å². The quantitative estimate of drug-likeness (QED) is 0.501. The number of hydrogen-bond acceptors (Lipinski definition) is 8. The fourth-order valence-electron chi connectivity index (χ4n) is 3.37. The van der Waals surface area contributed by atoms with Gasteiger partial charge in [0.15, 0.2) is 5.65 Å². The first-order valence-electron chi connectivity index (χ1n) is 8.80. The molecule has 9 nitrogen and oxygen atoms in total. The number of rotatable bonds is 3. The van der Waals surface area contributed by atoms with E-state index < -0.39 is 10.0 Å². The monoisotopic (exact) mass is 415 g/mol. The van der Waals surface area contributed by atoms with Gasteiger partial charge in [-0.05, 0) is 37.3 Å². The predicted molar refractivity (Wildman–Crippen MR) is 106 cm³/mol. The van der Waals surface area contributed by atoms with Gasteiger partial charge in [0.05, 0.1) is 20.1 Å². The van der Waals surface area contributed by atoms with Crippen LogP contribution in [-0.4, -0.2) is 63.7 Å². The summed E-state index contributed by atoms with van der Waals surface area (Å²) in [5, 5.41) is 13.2. The second-order valence-electron chi connectivity index (χ2n) is 6.58. The molecule has 11 heteroatoms. The molecule has 4 heterocycles. The molecule has 0 N–H and O–H groups in total. The van der Waals surface area contributed by atoms with Crippen molar-refractivity contribution in [2.24, 2.45) is 0 Å². The average molecular weight is 416 g/mol. The summed E-state index contributed by atoms with van der Waals surface area (Å²) in [5.41, 5.74) is 1.51. The van der Waals surface area contributed by atoms with Gasteiger partial charge in [0.25, 0.3) is 0 Å². The molecule has 0 radical (unpaired) electrons. The van der Waals surface area contributed by atoms with Crippen LogP contribution in [0.2, 0.25) is 0 Å². The first kappa shape index (κ1) is 17.5. The first-order chi connectivity index (χ1) is 13.5. The summed E-state index contributed by atoms with van der Waals surface area (Å²) in [6, 6.07) is 8.88. The molecule has 0 spiro atoms. The fourth-order valence-corrected chi connectivity index (χ4v) is 5.76. The van der Waals surface area contributed by atoms with E-state index in [0.717, 1.165) is 21.0 Å². The lowest BCUT2D eigenvalue weighted by molar-refractivity contribution is 0.383. The van der Waals surface area contributed by atoms with Crippen molar-refractivity contribution in [3.63, 3.8) is 0 Å². The van der Waals surface area contributed by atoms with E-state index >= 15 is 0 Å². The molecule has 28 heavy (non-hydrogen) atoms. The maximum absolute atomic E-state index is 13.1. The summed E-state index contributed by atoms with van der Waals surface area (Å²) in [6.07, 6.45) is 1.55. The summed E-state index contributed by atoms with van der Waals surface area (Å²) >= 11 is 1.51. The van der Waals surface area contributed by atoms with E-state index in [1.165, 1.54) is 15.6 Å². The molecule has 0 amide bonds. The summed E-state index contributed by atoms with van der Waals surface area (Å²) in [5.74, 6) is 0.783. The highest BCUT2D eigenvalue weighted by molar-refractivity contribution is 7.89. The largest absolute Gasteiger partial charge is 0.353 e. The molecule has 0 unspecified atom stereocenters. The second kappa shape index (κ2) is 6.47. The lowest BCUT2D eigenvalue weighted by atomic mass is 10.3. The van der Waals surface area contributed by atoms with Crippen molar-refractivity contribution in [1.29, 1.82) is 0 Å². The van der Waals surface area contributed by atoms with Crippen LogP contribution in [0, 0.1) is 6.92 Å². The molecule has 0 atom stereocenters. The van der Waals surface area contributed by atoms with Crippen LogP contribution in [-0.2, 0) is 10.0 Å². The summed E-state index contributed by atoms with van der Waals surface area (Å²) in [6.45, 7) is 3.88. The van der Waals surface area contributed by atoms with Crippen LogP contribution < -0.4 is 4.90 Å². The van der Waals surface area contributed by atoms with Crippen molar-refractivity contribution in [1.82, 2.24) is 29.1 Å². The molecule has 1 fully saturated rings. The maximum atomic E-state index is 13.1. The van der Waals surface area contributed by atoms with Gasteiger partial charge in [0.1, 0.15) is 12.1 Å². The Hall–Kier alpha value is -2.63. The Balaban J connectivity index is 1.35. The Kier molecular flexibility index (Phi) is 4.03. The number of benzene rings is 1. The van der Waals surface area contributed by atoms with Crippen molar-refractivity contribution in [3.05, 3.63) is 41.7 Å². The number of fused-ring (bicyclic) bond motifs is 2. The topological polar surface area (TPSA) is 96.6 Å². The summed E-state index contributed by atoms with van der Waals surface area (Å²) < 4.78 is 30.2. The molecule has 4 aromatic rings. The molecule has 0 bridgehead atoms. The van der Waals surface area contributed by atoms with Crippen LogP contribution in [0.4, 0.5) is 5.82 Å². The SMILES string of the molecule is Cc1nc2ccc(S(=O)(=O)N3CCN(c4ccc5nncn5n4)CC3)cc2s1. The van der Waals surface area contributed by atoms with E-state index in [9.17, 15) is 8.42 Å². The van der Waals surface area contributed by atoms with Crippen molar-refractivity contribution < 1.29 is 8.42 Å². The van der Waals surface area contributed by atoms with Crippen LogP contribution in [0.5, 0.6) is 0 Å². The second-order valence-corrected chi connectivity index (χ2v) is 9.75. The zero-order valence-corrected chi connectivity index (χ0v) is 16.7. The van der Waals surface area contributed by atoms with Gasteiger partial charge >= 0.3 is 0 Å². The Morgan fingerprint density at radius 1 is 1.07 bits per heavy atom. The third-order valence-electron chi connectivity index (χ3n) is 4.81. The number of aryl methyl sites for hydroxylation is 1. The Morgan fingerprint density at radius 2 is 1.89 bits per heavy atom. The van der Waals surface area contributed by atoms with Gasteiger partial charge in [0, 0.05) is 26.2 Å². The number of aromatic nitrogens is 5. The molecule has 1 saturated heterocycles. The normalized spacial score (nSPS) is 16.2. The van der Waals surface area contributed by atoms with Gasteiger partial charge in [-0.1, -0.05) is 0 Å². The number of piperazine rings is 1. The van der Waals surface area contributed by atoms with Crippen molar-refractivity contribution in [3.8, 4) is 0 Å². The smallest absolute Gasteiger partial charge is 0.243 e. The number of hydrogen-bond donors (Lipinski definition) is 0. The van der Waals surface area contributed by atoms with Gasteiger partial charge in [-0.2, -0.15) is 8.82 Å². The summed E-state index contributed by atoms with van der Waals surface area (Å²) in [4.78, 5) is 6.79. The third kappa shape index (κ3) is 2.91. The van der Waals surface area contributed by atoms with E-state index in [2.05, 4.69) is 25.2 Å². The zero-order valence-electron chi connectivity index (χ0n) is 15.1. The molecule has 0 saturated carbocycles. The van der Waals surface area contributed by atoms with Crippen LogP contribution in [0.1, 0.15) is 5.01 Å². The van der Waals surface area contributed by atoms with Gasteiger partial charge in [-0.3, -0.25) is 0 Å². The third-order valence-corrected chi connectivity index (χ3v) is 7.64. The molecule has 144 valence electrons.